The van der Waals surface area contributed by atoms with Gasteiger partial charge in [-0.3, -0.25) is 9.59 Å². The van der Waals surface area contributed by atoms with E-state index in [9.17, 15) is 9.59 Å². The number of carboxylic acids is 1. The highest BCUT2D eigenvalue weighted by molar-refractivity contribution is 5.93. The first-order chi connectivity index (χ1) is 9.63. The summed E-state index contributed by atoms with van der Waals surface area (Å²) in [5.74, 6) is -1.52. The van der Waals surface area contributed by atoms with E-state index in [4.69, 9.17) is 9.84 Å². The van der Waals surface area contributed by atoms with Gasteiger partial charge in [0.05, 0.1) is 12.5 Å². The molecule has 0 radical (unpaired) electrons. The number of carboxylic acid groups (broad SMARTS) is 1. The van der Waals surface area contributed by atoms with Crippen molar-refractivity contribution >= 4 is 11.9 Å². The first-order valence-corrected chi connectivity index (χ1v) is 6.81. The molecule has 0 saturated heterocycles. The summed E-state index contributed by atoms with van der Waals surface area (Å²) in [6.45, 7) is 1.12. The third-order valence-corrected chi connectivity index (χ3v) is 3.75. The van der Waals surface area contributed by atoms with Gasteiger partial charge in [0, 0.05) is 25.9 Å². The molecule has 20 heavy (non-hydrogen) atoms. The SMILES string of the molecule is COCCn1cccc1C(=O)NC1CCCC1C(=O)O. The molecule has 0 aromatic carbocycles. The van der Waals surface area contributed by atoms with E-state index in [-0.39, 0.29) is 11.9 Å². The van der Waals surface area contributed by atoms with Crippen molar-refractivity contribution < 1.29 is 19.4 Å². The van der Waals surface area contributed by atoms with Gasteiger partial charge in [-0.1, -0.05) is 6.42 Å². The molecule has 2 atom stereocenters. The summed E-state index contributed by atoms with van der Waals surface area (Å²) in [7, 11) is 1.61. The molecule has 1 aliphatic carbocycles. The highest BCUT2D eigenvalue weighted by Gasteiger charge is 2.34. The number of aromatic nitrogens is 1. The van der Waals surface area contributed by atoms with Crippen LogP contribution in [0, 0.1) is 5.92 Å². The fourth-order valence-corrected chi connectivity index (χ4v) is 2.68. The normalized spacial score (nSPS) is 21.9. The highest BCUT2D eigenvalue weighted by Crippen LogP contribution is 2.26. The molecule has 6 heteroatoms. The first kappa shape index (κ1) is 14.6. The van der Waals surface area contributed by atoms with Gasteiger partial charge in [0.25, 0.3) is 5.91 Å². The molecular formula is C14H20N2O4. The van der Waals surface area contributed by atoms with Gasteiger partial charge >= 0.3 is 5.97 Å². The first-order valence-electron chi connectivity index (χ1n) is 6.81. The molecular weight excluding hydrogens is 260 g/mol. The Labute approximate surface area is 117 Å². The van der Waals surface area contributed by atoms with Crippen LogP contribution in [0.1, 0.15) is 29.8 Å². The molecule has 0 aliphatic heterocycles. The third kappa shape index (κ3) is 3.19. The molecule has 1 aliphatic rings. The number of nitrogens with one attached hydrogen (secondary N) is 1. The maximum atomic E-state index is 12.2. The van der Waals surface area contributed by atoms with Crippen LogP contribution in [0.2, 0.25) is 0 Å². The molecule has 1 aromatic heterocycles. The Hall–Kier alpha value is -1.82. The second-order valence-electron chi connectivity index (χ2n) is 5.04. The number of rotatable bonds is 6. The van der Waals surface area contributed by atoms with Crippen molar-refractivity contribution in [3.05, 3.63) is 24.0 Å². The standard InChI is InChI=1S/C14H20N2O4/c1-20-9-8-16-7-3-6-12(16)13(17)15-11-5-2-4-10(11)14(18)19/h3,6-7,10-11H,2,4-5,8-9H2,1H3,(H,15,17)(H,18,19). The second kappa shape index (κ2) is 6.56. The maximum Gasteiger partial charge on any atom is 0.308 e. The van der Waals surface area contributed by atoms with Crippen LogP contribution < -0.4 is 5.32 Å². The lowest BCUT2D eigenvalue weighted by molar-refractivity contribution is -0.142. The highest BCUT2D eigenvalue weighted by atomic mass is 16.5. The third-order valence-electron chi connectivity index (χ3n) is 3.75. The van der Waals surface area contributed by atoms with Crippen LogP contribution in [-0.4, -0.2) is 41.3 Å². The monoisotopic (exact) mass is 280 g/mol. The van der Waals surface area contributed by atoms with Crippen LogP contribution in [-0.2, 0) is 16.1 Å². The molecule has 0 bridgehead atoms. The number of nitrogens with zero attached hydrogens (tertiary/aromatic N) is 1. The number of ether oxygens (including phenoxy) is 1. The van der Waals surface area contributed by atoms with Crippen LogP contribution in [0.15, 0.2) is 18.3 Å². The van der Waals surface area contributed by atoms with E-state index in [0.29, 0.717) is 25.3 Å². The van der Waals surface area contributed by atoms with Gasteiger partial charge in [0.15, 0.2) is 0 Å². The summed E-state index contributed by atoms with van der Waals surface area (Å²) in [6.07, 6.45) is 4.01. The number of carbonyl (C=O) groups excluding carboxylic acids is 1. The van der Waals surface area contributed by atoms with Crippen molar-refractivity contribution in [1.29, 1.82) is 0 Å². The minimum absolute atomic E-state index is 0.218. The van der Waals surface area contributed by atoms with E-state index in [1.165, 1.54) is 0 Å². The van der Waals surface area contributed by atoms with E-state index in [1.54, 1.807) is 19.2 Å². The van der Waals surface area contributed by atoms with E-state index in [2.05, 4.69) is 5.32 Å². The molecule has 2 N–H and O–H groups in total. The maximum absolute atomic E-state index is 12.2. The Kier molecular flexibility index (Phi) is 4.79. The molecule has 0 spiro atoms. The Morgan fingerprint density at radius 1 is 1.50 bits per heavy atom. The molecule has 1 saturated carbocycles. The molecule has 1 amide bonds. The van der Waals surface area contributed by atoms with Crippen molar-refractivity contribution in [3.8, 4) is 0 Å². The minimum atomic E-state index is -0.831. The van der Waals surface area contributed by atoms with Gasteiger partial charge in [-0.05, 0) is 25.0 Å². The molecule has 1 aromatic rings. The summed E-state index contributed by atoms with van der Waals surface area (Å²) >= 11 is 0. The van der Waals surface area contributed by atoms with Crippen molar-refractivity contribution in [3.63, 3.8) is 0 Å². The van der Waals surface area contributed by atoms with Crippen LogP contribution in [0.3, 0.4) is 0 Å². The zero-order chi connectivity index (χ0) is 14.5. The molecule has 2 rings (SSSR count). The van der Waals surface area contributed by atoms with E-state index >= 15 is 0 Å². The quantitative estimate of drug-likeness (QED) is 0.818. The summed E-state index contributed by atoms with van der Waals surface area (Å²) in [5, 5.41) is 12.0. The largest absolute Gasteiger partial charge is 0.481 e. The lowest BCUT2D eigenvalue weighted by Gasteiger charge is -2.18. The van der Waals surface area contributed by atoms with Crippen molar-refractivity contribution in [2.45, 2.75) is 31.8 Å². The predicted octanol–water partition coefficient (Wildman–Crippen LogP) is 1.12. The summed E-state index contributed by atoms with van der Waals surface area (Å²) in [5.41, 5.74) is 0.540. The average molecular weight is 280 g/mol. The van der Waals surface area contributed by atoms with Crippen molar-refractivity contribution in [1.82, 2.24) is 9.88 Å². The van der Waals surface area contributed by atoms with Crippen molar-refractivity contribution in [2.75, 3.05) is 13.7 Å². The van der Waals surface area contributed by atoms with Crippen LogP contribution in [0.5, 0.6) is 0 Å². The van der Waals surface area contributed by atoms with Crippen LogP contribution in [0.25, 0.3) is 0 Å². The fourth-order valence-electron chi connectivity index (χ4n) is 2.68. The van der Waals surface area contributed by atoms with Gasteiger partial charge in [-0.2, -0.15) is 0 Å². The number of hydrogen-bond acceptors (Lipinski definition) is 3. The van der Waals surface area contributed by atoms with E-state index in [0.717, 1.165) is 12.8 Å². The van der Waals surface area contributed by atoms with Gasteiger partial charge in [0.1, 0.15) is 5.69 Å². The lowest BCUT2D eigenvalue weighted by Crippen LogP contribution is -2.40. The number of amides is 1. The molecule has 1 heterocycles. The van der Waals surface area contributed by atoms with Gasteiger partial charge in [-0.15, -0.1) is 0 Å². The van der Waals surface area contributed by atoms with E-state index in [1.807, 2.05) is 10.8 Å². The van der Waals surface area contributed by atoms with Gasteiger partial charge in [-0.25, -0.2) is 0 Å². The van der Waals surface area contributed by atoms with Gasteiger partial charge in [0.2, 0.25) is 0 Å². The number of hydrogen-bond donors (Lipinski definition) is 2. The Balaban J connectivity index is 2.01. The molecule has 110 valence electrons. The zero-order valence-electron chi connectivity index (χ0n) is 11.5. The zero-order valence-corrected chi connectivity index (χ0v) is 11.5. The molecule has 1 fully saturated rings. The van der Waals surface area contributed by atoms with Crippen molar-refractivity contribution in [2.24, 2.45) is 5.92 Å². The lowest BCUT2D eigenvalue weighted by atomic mass is 10.0. The average Bonchev–Trinajstić information content (AvgIpc) is 3.04. The van der Waals surface area contributed by atoms with Gasteiger partial charge < -0.3 is 19.7 Å². The second-order valence-corrected chi connectivity index (χ2v) is 5.04. The number of carbonyl (C=O) groups is 2. The van der Waals surface area contributed by atoms with Crippen LogP contribution in [0.4, 0.5) is 0 Å². The summed E-state index contributed by atoms with van der Waals surface area (Å²) < 4.78 is 6.81. The summed E-state index contributed by atoms with van der Waals surface area (Å²) in [4.78, 5) is 23.4. The summed E-state index contributed by atoms with van der Waals surface area (Å²) in [6, 6.07) is 3.26. The predicted molar refractivity (Wildman–Crippen MR) is 72.5 cm³/mol. The number of aliphatic carboxylic acids is 1. The van der Waals surface area contributed by atoms with E-state index < -0.39 is 11.9 Å². The Bertz CT molecular complexity index is 483. The van der Waals surface area contributed by atoms with Crippen LogP contribution >= 0.6 is 0 Å². The Morgan fingerprint density at radius 2 is 2.30 bits per heavy atom. The molecule has 2 unspecified atom stereocenters. The smallest absolute Gasteiger partial charge is 0.308 e. The minimum Gasteiger partial charge on any atom is -0.481 e. The fraction of sp³-hybridized carbons (Fsp3) is 0.571. The topological polar surface area (TPSA) is 80.6 Å². The Morgan fingerprint density at radius 3 is 3.00 bits per heavy atom. The molecule has 6 nitrogen and oxygen atoms in total. The number of methoxy groups -OCH3 is 1.